The van der Waals surface area contributed by atoms with Gasteiger partial charge in [0.25, 0.3) is 0 Å². The van der Waals surface area contributed by atoms with E-state index in [1.54, 1.807) is 0 Å². The van der Waals surface area contributed by atoms with E-state index in [2.05, 4.69) is 0 Å². The fourth-order valence-electron chi connectivity index (χ4n) is 1.38. The first-order chi connectivity index (χ1) is 8.79. The number of ether oxygens (including phenoxy) is 1. The number of rotatable bonds is 6. The fraction of sp³-hybridized carbons (Fsp3) is 0.455. The minimum absolute atomic E-state index is 0.00146. The van der Waals surface area contributed by atoms with Gasteiger partial charge in [-0.1, -0.05) is 6.07 Å². The highest BCUT2D eigenvalue weighted by Gasteiger charge is 2.30. The molecule has 1 atom stereocenters. The maximum Gasteiger partial charge on any atom is 0.451 e. The second kappa shape index (κ2) is 6.79. The highest BCUT2D eigenvalue weighted by atomic mass is 19.4. The van der Waals surface area contributed by atoms with E-state index in [9.17, 15) is 18.3 Å². The summed E-state index contributed by atoms with van der Waals surface area (Å²) in [5.74, 6) is -0.00146. The quantitative estimate of drug-likeness (QED) is 0.686. The van der Waals surface area contributed by atoms with Crippen LogP contribution in [0.15, 0.2) is 24.3 Å². The van der Waals surface area contributed by atoms with Gasteiger partial charge in [0.2, 0.25) is 0 Å². The summed E-state index contributed by atoms with van der Waals surface area (Å²) in [6.45, 7) is -0.214. The van der Waals surface area contributed by atoms with Crippen molar-refractivity contribution in [2.75, 3.05) is 6.61 Å². The molecule has 1 unspecified atom stereocenters. The fourth-order valence-corrected chi connectivity index (χ4v) is 1.38. The number of halogens is 3. The van der Waals surface area contributed by atoms with Gasteiger partial charge in [-0.05, 0) is 30.9 Å². The van der Waals surface area contributed by atoms with Gasteiger partial charge in [0.15, 0.2) is 0 Å². The molecular weight excluding hydrogens is 264 g/mol. The van der Waals surface area contributed by atoms with Gasteiger partial charge in [0.05, 0.1) is 11.7 Å². The normalized spacial score (nSPS) is 13.2. The minimum Gasteiger partial charge on any atom is -0.491 e. The zero-order valence-electron chi connectivity index (χ0n) is 9.97. The molecule has 0 aliphatic rings. The molecule has 0 radical (unpaired) electrons. The van der Waals surface area contributed by atoms with Crippen molar-refractivity contribution < 1.29 is 33.1 Å². The maximum absolute atomic E-state index is 12.4. The summed E-state index contributed by atoms with van der Waals surface area (Å²) in [5, 5.41) is 26.6. The molecule has 0 heterocycles. The van der Waals surface area contributed by atoms with E-state index in [1.807, 2.05) is 0 Å². The number of hydrogen-bond donors (Lipinski definition) is 3. The molecule has 0 bridgehead atoms. The molecule has 1 aromatic carbocycles. The van der Waals surface area contributed by atoms with Crippen LogP contribution in [-0.2, 0) is 6.18 Å². The Morgan fingerprint density at radius 2 is 1.95 bits per heavy atom. The van der Waals surface area contributed by atoms with Crippen molar-refractivity contribution in [2.24, 2.45) is 0 Å². The van der Waals surface area contributed by atoms with Gasteiger partial charge < -0.3 is 19.9 Å². The van der Waals surface area contributed by atoms with E-state index in [0.29, 0.717) is 0 Å². The molecule has 0 saturated carbocycles. The molecule has 0 aromatic heterocycles. The Kier molecular flexibility index (Phi) is 5.65. The van der Waals surface area contributed by atoms with E-state index in [1.165, 1.54) is 12.1 Å². The smallest absolute Gasteiger partial charge is 0.451 e. The second-order valence-electron chi connectivity index (χ2n) is 4.05. The Hall–Kier alpha value is -1.25. The summed E-state index contributed by atoms with van der Waals surface area (Å²) < 4.78 is 42.3. The number of aliphatic hydroxyl groups is 1. The van der Waals surface area contributed by atoms with Gasteiger partial charge >= 0.3 is 13.3 Å². The number of hydrogen-bond acceptors (Lipinski definition) is 4. The highest BCUT2D eigenvalue weighted by Crippen LogP contribution is 2.31. The molecular formula is C11H14BF3O4. The van der Waals surface area contributed by atoms with Crippen LogP contribution in [0.1, 0.15) is 12.0 Å². The summed E-state index contributed by atoms with van der Waals surface area (Å²) in [7, 11) is -1.52. The van der Waals surface area contributed by atoms with Crippen molar-refractivity contribution in [2.45, 2.75) is 25.0 Å². The van der Waals surface area contributed by atoms with Crippen molar-refractivity contribution in [1.29, 1.82) is 0 Å². The largest absolute Gasteiger partial charge is 0.491 e. The molecule has 0 spiro atoms. The van der Waals surface area contributed by atoms with E-state index in [4.69, 9.17) is 14.8 Å². The van der Waals surface area contributed by atoms with Crippen LogP contribution in [-0.4, -0.2) is 35.0 Å². The summed E-state index contributed by atoms with van der Waals surface area (Å²) in [4.78, 5) is 0. The molecule has 0 aliphatic heterocycles. The summed E-state index contributed by atoms with van der Waals surface area (Å²) in [5.41, 5.74) is -0.828. The molecule has 0 saturated heterocycles. The number of aliphatic hydroxyl groups excluding tert-OH is 1. The summed E-state index contributed by atoms with van der Waals surface area (Å²) in [6, 6.07) is 4.32. The van der Waals surface area contributed by atoms with Crippen LogP contribution in [0, 0.1) is 0 Å². The first-order valence-corrected chi connectivity index (χ1v) is 5.63. The molecule has 8 heteroatoms. The van der Waals surface area contributed by atoms with Gasteiger partial charge in [0, 0.05) is 0 Å². The molecule has 4 nitrogen and oxygen atoms in total. The molecule has 19 heavy (non-hydrogen) atoms. The first-order valence-electron chi connectivity index (χ1n) is 5.63. The second-order valence-corrected chi connectivity index (χ2v) is 4.05. The Balaban J connectivity index is 2.49. The van der Waals surface area contributed by atoms with Gasteiger partial charge in [-0.15, -0.1) is 0 Å². The summed E-state index contributed by atoms with van der Waals surface area (Å²) >= 11 is 0. The number of benzene rings is 1. The Labute approximate surface area is 108 Å². The van der Waals surface area contributed by atoms with Crippen LogP contribution in [0.5, 0.6) is 5.75 Å². The van der Waals surface area contributed by atoms with E-state index in [0.717, 1.165) is 12.1 Å². The Morgan fingerprint density at radius 1 is 1.26 bits per heavy atom. The zero-order chi connectivity index (χ0) is 14.5. The van der Waals surface area contributed by atoms with Crippen molar-refractivity contribution in [1.82, 2.24) is 0 Å². The average Bonchev–Trinajstić information content (AvgIpc) is 2.33. The lowest BCUT2D eigenvalue weighted by Crippen LogP contribution is -2.21. The highest BCUT2D eigenvalue weighted by molar-refractivity contribution is 6.40. The lowest BCUT2D eigenvalue weighted by atomic mass is 9.83. The monoisotopic (exact) mass is 278 g/mol. The average molecular weight is 278 g/mol. The van der Waals surface area contributed by atoms with Crippen molar-refractivity contribution in [3.05, 3.63) is 29.8 Å². The SMILES string of the molecule is OB(O)CCC(O)COc1cccc(C(F)(F)F)c1. The number of alkyl halides is 3. The third-order valence-electron chi connectivity index (χ3n) is 2.36. The zero-order valence-corrected chi connectivity index (χ0v) is 9.97. The topological polar surface area (TPSA) is 69.9 Å². The maximum atomic E-state index is 12.4. The van der Waals surface area contributed by atoms with Crippen LogP contribution >= 0.6 is 0 Å². The van der Waals surface area contributed by atoms with Crippen LogP contribution < -0.4 is 4.74 Å². The third-order valence-corrected chi connectivity index (χ3v) is 2.36. The molecule has 1 rings (SSSR count). The molecule has 106 valence electrons. The Bertz CT molecular complexity index is 398. The van der Waals surface area contributed by atoms with Crippen LogP contribution in [0.4, 0.5) is 13.2 Å². The van der Waals surface area contributed by atoms with Crippen molar-refractivity contribution in [3.8, 4) is 5.75 Å². The predicted molar refractivity (Wildman–Crippen MR) is 62.6 cm³/mol. The standard InChI is InChI=1S/C11H14BF3O4/c13-11(14,15)8-2-1-3-10(6-8)19-7-9(16)4-5-12(17)18/h1-3,6,9,16-18H,4-5,7H2. The van der Waals surface area contributed by atoms with Crippen molar-refractivity contribution in [3.63, 3.8) is 0 Å². The van der Waals surface area contributed by atoms with Crippen LogP contribution in [0.25, 0.3) is 0 Å². The lowest BCUT2D eigenvalue weighted by molar-refractivity contribution is -0.137. The van der Waals surface area contributed by atoms with Gasteiger partial charge in [-0.3, -0.25) is 0 Å². The molecule has 1 aromatic rings. The molecule has 0 aliphatic carbocycles. The Morgan fingerprint density at radius 3 is 2.53 bits per heavy atom. The third kappa shape index (κ3) is 5.95. The van der Waals surface area contributed by atoms with Gasteiger partial charge in [0.1, 0.15) is 12.4 Å². The predicted octanol–water partition coefficient (Wildman–Crippen LogP) is 1.31. The minimum atomic E-state index is -4.45. The first kappa shape index (κ1) is 15.8. The van der Waals surface area contributed by atoms with E-state index < -0.39 is 25.0 Å². The lowest BCUT2D eigenvalue weighted by Gasteiger charge is -2.13. The van der Waals surface area contributed by atoms with Crippen molar-refractivity contribution >= 4 is 7.12 Å². The van der Waals surface area contributed by atoms with Crippen LogP contribution in [0.3, 0.4) is 0 Å². The van der Waals surface area contributed by atoms with E-state index in [-0.39, 0.29) is 25.1 Å². The summed E-state index contributed by atoms with van der Waals surface area (Å²) in [6.07, 6.45) is -5.38. The molecule has 0 fully saturated rings. The van der Waals surface area contributed by atoms with Gasteiger partial charge in [-0.2, -0.15) is 13.2 Å². The molecule has 3 N–H and O–H groups in total. The van der Waals surface area contributed by atoms with Crippen LogP contribution in [0.2, 0.25) is 6.32 Å². The van der Waals surface area contributed by atoms with Gasteiger partial charge in [-0.25, -0.2) is 0 Å². The van der Waals surface area contributed by atoms with E-state index >= 15 is 0 Å². The molecule has 0 amide bonds.